The largest absolute Gasteiger partial charge is 0.377 e. The molecule has 2 N–H and O–H groups in total. The molecule has 0 atom stereocenters. The summed E-state index contributed by atoms with van der Waals surface area (Å²) in [6.45, 7) is 3.53. The molecule has 0 aliphatic carbocycles. The van der Waals surface area contributed by atoms with Gasteiger partial charge in [0.15, 0.2) is 5.82 Å². The second-order valence-corrected chi connectivity index (χ2v) is 4.55. The molecule has 21 heavy (non-hydrogen) atoms. The normalized spacial score (nSPS) is 10.5. The molecule has 0 unspecified atom stereocenters. The van der Waals surface area contributed by atoms with Crippen molar-refractivity contribution in [2.45, 2.75) is 13.5 Å². The van der Waals surface area contributed by atoms with Crippen molar-refractivity contribution in [3.05, 3.63) is 48.7 Å². The fourth-order valence-electron chi connectivity index (χ4n) is 2.08. The maximum atomic E-state index is 4.32. The molecule has 0 aliphatic rings. The van der Waals surface area contributed by atoms with E-state index in [9.17, 15) is 0 Å². The molecule has 6 heteroatoms. The number of nitrogens with one attached hydrogen (secondary N) is 2. The minimum Gasteiger partial charge on any atom is -0.377 e. The molecule has 3 rings (SSSR count). The number of anilines is 2. The third-order valence-corrected chi connectivity index (χ3v) is 3.07. The highest BCUT2D eigenvalue weighted by Gasteiger charge is 2.03. The lowest BCUT2D eigenvalue weighted by Crippen LogP contribution is -2.07. The first-order valence-corrected chi connectivity index (χ1v) is 6.84. The summed E-state index contributed by atoms with van der Waals surface area (Å²) in [4.78, 5) is 16.9. The summed E-state index contributed by atoms with van der Waals surface area (Å²) in [6, 6.07) is 6.05. The van der Waals surface area contributed by atoms with E-state index in [0.717, 1.165) is 34.6 Å². The van der Waals surface area contributed by atoms with Gasteiger partial charge in [0.2, 0.25) is 0 Å². The van der Waals surface area contributed by atoms with Gasteiger partial charge in [0.05, 0.1) is 22.9 Å². The van der Waals surface area contributed by atoms with Gasteiger partial charge in [-0.15, -0.1) is 0 Å². The second kappa shape index (κ2) is 6.13. The third-order valence-electron chi connectivity index (χ3n) is 3.07. The van der Waals surface area contributed by atoms with Gasteiger partial charge >= 0.3 is 0 Å². The van der Waals surface area contributed by atoms with Gasteiger partial charge in [-0.25, -0.2) is 9.97 Å². The van der Waals surface area contributed by atoms with Crippen LogP contribution in [0.2, 0.25) is 0 Å². The number of fused-ring (bicyclic) bond motifs is 1. The van der Waals surface area contributed by atoms with Crippen LogP contribution in [0.3, 0.4) is 0 Å². The van der Waals surface area contributed by atoms with Crippen molar-refractivity contribution in [3.63, 3.8) is 0 Å². The molecule has 0 bridgehead atoms. The fraction of sp³-hybridized carbons (Fsp3) is 0.200. The van der Waals surface area contributed by atoms with Gasteiger partial charge in [0.25, 0.3) is 0 Å². The van der Waals surface area contributed by atoms with E-state index in [0.29, 0.717) is 6.54 Å². The Morgan fingerprint density at radius 1 is 1.00 bits per heavy atom. The first kappa shape index (κ1) is 13.2. The quantitative estimate of drug-likeness (QED) is 0.747. The molecule has 106 valence electrons. The lowest BCUT2D eigenvalue weighted by atomic mass is 10.2. The highest BCUT2D eigenvalue weighted by molar-refractivity contribution is 5.74. The van der Waals surface area contributed by atoms with Gasteiger partial charge in [0, 0.05) is 25.5 Å². The average Bonchev–Trinajstić information content (AvgIpc) is 2.54. The number of rotatable bonds is 5. The van der Waals surface area contributed by atoms with Crippen molar-refractivity contribution in [2.75, 3.05) is 17.2 Å². The number of hydrogen-bond acceptors (Lipinski definition) is 6. The minimum atomic E-state index is 0.679. The van der Waals surface area contributed by atoms with Crippen LogP contribution in [-0.2, 0) is 6.54 Å². The zero-order chi connectivity index (χ0) is 14.5. The third kappa shape index (κ3) is 3.05. The smallest absolute Gasteiger partial charge is 0.152 e. The van der Waals surface area contributed by atoms with E-state index in [4.69, 9.17) is 0 Å². The van der Waals surface area contributed by atoms with Crippen molar-refractivity contribution in [1.82, 2.24) is 19.9 Å². The van der Waals surface area contributed by atoms with Crippen LogP contribution in [0.5, 0.6) is 0 Å². The van der Waals surface area contributed by atoms with Gasteiger partial charge in [-0.1, -0.05) is 6.07 Å². The van der Waals surface area contributed by atoms with E-state index in [-0.39, 0.29) is 0 Å². The summed E-state index contributed by atoms with van der Waals surface area (Å²) in [5.74, 6) is 0.813. The Balaban J connectivity index is 1.77. The van der Waals surface area contributed by atoms with Gasteiger partial charge in [0.1, 0.15) is 6.33 Å². The molecule has 0 radical (unpaired) electrons. The highest BCUT2D eigenvalue weighted by atomic mass is 15.1. The summed E-state index contributed by atoms with van der Waals surface area (Å²) in [6.07, 6.45) is 6.71. The summed E-state index contributed by atoms with van der Waals surface area (Å²) in [7, 11) is 0. The number of nitrogens with zero attached hydrogens (tertiary/aromatic N) is 4. The van der Waals surface area contributed by atoms with Crippen LogP contribution < -0.4 is 10.6 Å². The van der Waals surface area contributed by atoms with E-state index in [1.807, 2.05) is 25.1 Å². The molecule has 3 aromatic rings. The maximum Gasteiger partial charge on any atom is 0.152 e. The van der Waals surface area contributed by atoms with Crippen molar-refractivity contribution in [2.24, 2.45) is 0 Å². The van der Waals surface area contributed by atoms with Crippen LogP contribution in [0.1, 0.15) is 12.5 Å². The molecule has 0 saturated heterocycles. The molecular weight excluding hydrogens is 264 g/mol. The molecule has 0 amide bonds. The Labute approximate surface area is 122 Å². The van der Waals surface area contributed by atoms with Crippen LogP contribution in [0, 0.1) is 0 Å². The lowest BCUT2D eigenvalue weighted by molar-refractivity contribution is 1.08. The molecule has 6 nitrogen and oxygen atoms in total. The molecule has 0 aliphatic heterocycles. The Morgan fingerprint density at radius 3 is 2.71 bits per heavy atom. The predicted molar refractivity (Wildman–Crippen MR) is 83.1 cm³/mol. The molecule has 0 fully saturated rings. The second-order valence-electron chi connectivity index (χ2n) is 4.55. The molecule has 0 saturated carbocycles. The summed E-state index contributed by atoms with van der Waals surface area (Å²) in [5.41, 5.74) is 3.82. The molecular formula is C15H16N6. The topological polar surface area (TPSA) is 75.6 Å². The van der Waals surface area contributed by atoms with Crippen LogP contribution in [0.15, 0.2) is 43.1 Å². The number of benzene rings is 1. The average molecular weight is 280 g/mol. The molecule has 2 heterocycles. The first-order chi connectivity index (χ1) is 10.4. The van der Waals surface area contributed by atoms with Gasteiger partial charge in [-0.3, -0.25) is 9.97 Å². The lowest BCUT2D eigenvalue weighted by Gasteiger charge is -2.11. The van der Waals surface area contributed by atoms with Crippen LogP contribution in [0.4, 0.5) is 11.5 Å². The summed E-state index contributed by atoms with van der Waals surface area (Å²) in [5, 5.41) is 6.55. The first-order valence-electron chi connectivity index (χ1n) is 6.84. The van der Waals surface area contributed by atoms with Crippen LogP contribution in [0.25, 0.3) is 11.0 Å². The predicted octanol–water partition coefficient (Wildman–Crippen LogP) is 2.46. The SMILES string of the molecule is CCNc1ncncc1NCc1ccc2nccnc2c1. The summed E-state index contributed by atoms with van der Waals surface area (Å²) < 4.78 is 0. The van der Waals surface area contributed by atoms with E-state index < -0.39 is 0 Å². The summed E-state index contributed by atoms with van der Waals surface area (Å²) >= 11 is 0. The Bertz CT molecular complexity index is 743. The molecule has 0 spiro atoms. The monoisotopic (exact) mass is 280 g/mol. The highest BCUT2D eigenvalue weighted by Crippen LogP contribution is 2.18. The fourth-order valence-corrected chi connectivity index (χ4v) is 2.08. The van der Waals surface area contributed by atoms with E-state index in [1.54, 1.807) is 18.6 Å². The van der Waals surface area contributed by atoms with E-state index >= 15 is 0 Å². The van der Waals surface area contributed by atoms with Gasteiger partial charge in [-0.05, 0) is 24.6 Å². The number of hydrogen-bond donors (Lipinski definition) is 2. The van der Waals surface area contributed by atoms with Gasteiger partial charge < -0.3 is 10.6 Å². The molecule has 2 aromatic heterocycles. The molecule has 1 aromatic carbocycles. The van der Waals surface area contributed by atoms with Crippen molar-refractivity contribution >= 4 is 22.5 Å². The zero-order valence-electron chi connectivity index (χ0n) is 11.7. The maximum absolute atomic E-state index is 4.32. The minimum absolute atomic E-state index is 0.679. The Hall–Kier alpha value is -2.76. The van der Waals surface area contributed by atoms with Gasteiger partial charge in [-0.2, -0.15) is 0 Å². The Morgan fingerprint density at radius 2 is 1.86 bits per heavy atom. The zero-order valence-corrected chi connectivity index (χ0v) is 11.7. The van der Waals surface area contributed by atoms with Crippen molar-refractivity contribution in [3.8, 4) is 0 Å². The van der Waals surface area contributed by atoms with E-state index in [2.05, 4.69) is 30.6 Å². The van der Waals surface area contributed by atoms with Crippen molar-refractivity contribution < 1.29 is 0 Å². The van der Waals surface area contributed by atoms with Crippen LogP contribution >= 0.6 is 0 Å². The van der Waals surface area contributed by atoms with Crippen molar-refractivity contribution in [1.29, 1.82) is 0 Å². The Kier molecular flexibility index (Phi) is 3.86. The van der Waals surface area contributed by atoms with E-state index in [1.165, 1.54) is 6.33 Å². The number of aromatic nitrogens is 4. The van der Waals surface area contributed by atoms with Crippen LogP contribution in [-0.4, -0.2) is 26.5 Å². The standard InChI is InChI=1S/C15H16N6/c1-2-17-15-14(9-16-10-21-15)20-8-11-3-4-12-13(7-11)19-6-5-18-12/h3-7,9-10,20H,2,8H2,1H3,(H,16,17,21).